The quantitative estimate of drug-likeness (QED) is 0.456. The molecule has 0 aliphatic carbocycles. The van der Waals surface area contributed by atoms with Crippen molar-refractivity contribution in [2.45, 2.75) is 6.92 Å². The van der Waals surface area contributed by atoms with Crippen LogP contribution >= 0.6 is 0 Å². The molecule has 0 saturated carbocycles. The van der Waals surface area contributed by atoms with Gasteiger partial charge in [-0.3, -0.25) is 4.79 Å². The smallest absolute Gasteiger partial charge is 0.203 e. The number of ether oxygens (including phenoxy) is 3. The standard InChI is InChI=1S/C21H26N2O4/c1-13(20(24)15-7-8-16(22)17(12-15)23(2)3)9-14-10-18(25-4)21(27-6)19(11-14)26-5/h7-12H,22H2,1-6H3/b13-9+. The molecule has 0 saturated heterocycles. The average molecular weight is 370 g/mol. The lowest BCUT2D eigenvalue weighted by Gasteiger charge is -2.16. The van der Waals surface area contributed by atoms with E-state index in [1.807, 2.05) is 19.0 Å². The molecular weight excluding hydrogens is 344 g/mol. The lowest BCUT2D eigenvalue weighted by Crippen LogP contribution is -2.12. The highest BCUT2D eigenvalue weighted by Crippen LogP contribution is 2.38. The SMILES string of the molecule is COc1cc(/C=C(\C)C(=O)c2ccc(N)c(N(C)C)c2)cc(OC)c1OC. The van der Waals surface area contributed by atoms with Crippen molar-refractivity contribution in [1.82, 2.24) is 0 Å². The minimum atomic E-state index is -0.0770. The highest BCUT2D eigenvalue weighted by molar-refractivity contribution is 6.11. The van der Waals surface area contributed by atoms with Crippen LogP contribution in [0.5, 0.6) is 17.2 Å². The Morgan fingerprint density at radius 2 is 1.59 bits per heavy atom. The summed E-state index contributed by atoms with van der Waals surface area (Å²) in [6.07, 6.45) is 1.79. The Morgan fingerprint density at radius 1 is 1.00 bits per heavy atom. The van der Waals surface area contributed by atoms with E-state index in [-0.39, 0.29) is 5.78 Å². The first-order chi connectivity index (χ1) is 12.8. The van der Waals surface area contributed by atoms with Crippen molar-refractivity contribution in [3.63, 3.8) is 0 Å². The molecule has 0 heterocycles. The number of ketones is 1. The van der Waals surface area contributed by atoms with Gasteiger partial charge in [-0.1, -0.05) is 0 Å². The van der Waals surface area contributed by atoms with E-state index in [0.717, 1.165) is 11.3 Å². The van der Waals surface area contributed by atoms with Gasteiger partial charge in [0.25, 0.3) is 0 Å². The summed E-state index contributed by atoms with van der Waals surface area (Å²) in [6, 6.07) is 8.87. The summed E-state index contributed by atoms with van der Waals surface area (Å²) in [7, 11) is 8.44. The van der Waals surface area contributed by atoms with E-state index in [2.05, 4.69) is 0 Å². The topological polar surface area (TPSA) is 74.0 Å². The van der Waals surface area contributed by atoms with E-state index >= 15 is 0 Å². The molecule has 2 aromatic carbocycles. The minimum Gasteiger partial charge on any atom is -0.493 e. The fourth-order valence-corrected chi connectivity index (χ4v) is 2.80. The lowest BCUT2D eigenvalue weighted by atomic mass is 10.0. The zero-order chi connectivity index (χ0) is 20.1. The first-order valence-electron chi connectivity index (χ1n) is 8.42. The van der Waals surface area contributed by atoms with Gasteiger partial charge in [-0.2, -0.15) is 0 Å². The van der Waals surface area contributed by atoms with Crippen LogP contribution in [-0.4, -0.2) is 41.2 Å². The van der Waals surface area contributed by atoms with Gasteiger partial charge in [0.15, 0.2) is 17.3 Å². The second kappa shape index (κ2) is 8.49. The number of nitrogens with zero attached hydrogens (tertiary/aromatic N) is 1. The van der Waals surface area contributed by atoms with Crippen molar-refractivity contribution in [3.05, 3.63) is 47.0 Å². The number of hydrogen-bond donors (Lipinski definition) is 1. The number of carbonyl (C=O) groups is 1. The van der Waals surface area contributed by atoms with Crippen LogP contribution < -0.4 is 24.8 Å². The maximum absolute atomic E-state index is 12.9. The molecule has 27 heavy (non-hydrogen) atoms. The Bertz CT molecular complexity index is 847. The van der Waals surface area contributed by atoms with Crippen molar-refractivity contribution >= 4 is 23.2 Å². The van der Waals surface area contributed by atoms with Crippen LogP contribution in [0.4, 0.5) is 11.4 Å². The summed E-state index contributed by atoms with van der Waals surface area (Å²) in [4.78, 5) is 14.7. The normalized spacial score (nSPS) is 11.1. The summed E-state index contributed by atoms with van der Waals surface area (Å²) in [6.45, 7) is 1.78. The van der Waals surface area contributed by atoms with Crippen molar-refractivity contribution in [3.8, 4) is 17.2 Å². The molecule has 2 rings (SSSR count). The van der Waals surface area contributed by atoms with E-state index in [1.165, 1.54) is 0 Å². The first kappa shape index (κ1) is 20.2. The summed E-state index contributed by atoms with van der Waals surface area (Å²) >= 11 is 0. The molecular formula is C21H26N2O4. The molecule has 6 heteroatoms. The number of allylic oxidation sites excluding steroid dienone is 1. The van der Waals surface area contributed by atoms with Crippen LogP contribution in [0.1, 0.15) is 22.8 Å². The average Bonchev–Trinajstić information content (AvgIpc) is 2.66. The predicted octanol–water partition coefficient (Wildman–Crippen LogP) is 3.65. The van der Waals surface area contributed by atoms with Gasteiger partial charge in [0.2, 0.25) is 5.75 Å². The third-order valence-corrected chi connectivity index (χ3v) is 4.20. The highest BCUT2D eigenvalue weighted by atomic mass is 16.5. The molecule has 144 valence electrons. The Kier molecular flexibility index (Phi) is 6.34. The van der Waals surface area contributed by atoms with Gasteiger partial charge in [-0.25, -0.2) is 0 Å². The van der Waals surface area contributed by atoms with Gasteiger partial charge < -0.3 is 24.8 Å². The fraction of sp³-hybridized carbons (Fsp3) is 0.286. The molecule has 6 nitrogen and oxygen atoms in total. The number of benzene rings is 2. The minimum absolute atomic E-state index is 0.0770. The van der Waals surface area contributed by atoms with Crippen LogP contribution in [0.25, 0.3) is 6.08 Å². The van der Waals surface area contributed by atoms with Crippen LogP contribution in [-0.2, 0) is 0 Å². The zero-order valence-corrected chi connectivity index (χ0v) is 16.6. The van der Waals surface area contributed by atoms with Crippen LogP contribution in [0.15, 0.2) is 35.9 Å². The van der Waals surface area contributed by atoms with E-state index in [4.69, 9.17) is 19.9 Å². The molecule has 2 N–H and O–H groups in total. The largest absolute Gasteiger partial charge is 0.493 e. The number of methoxy groups -OCH3 is 3. The van der Waals surface area contributed by atoms with Crippen molar-refractivity contribution in [2.24, 2.45) is 0 Å². The third-order valence-electron chi connectivity index (χ3n) is 4.20. The Hall–Kier alpha value is -3.15. The number of anilines is 2. The van der Waals surface area contributed by atoms with Gasteiger partial charge in [0.1, 0.15) is 0 Å². The number of nitrogen functional groups attached to an aromatic ring is 1. The molecule has 0 aliphatic rings. The fourth-order valence-electron chi connectivity index (χ4n) is 2.80. The van der Waals surface area contributed by atoms with Crippen molar-refractivity contribution < 1.29 is 19.0 Å². The molecule has 0 unspecified atom stereocenters. The third kappa shape index (κ3) is 4.34. The summed E-state index contributed by atoms with van der Waals surface area (Å²) in [5.41, 5.74) is 9.35. The van der Waals surface area contributed by atoms with E-state index in [0.29, 0.717) is 34.1 Å². The van der Waals surface area contributed by atoms with Crippen LogP contribution in [0, 0.1) is 0 Å². The van der Waals surface area contributed by atoms with Crippen LogP contribution in [0.3, 0.4) is 0 Å². The maximum atomic E-state index is 12.9. The van der Waals surface area contributed by atoms with E-state index < -0.39 is 0 Å². The van der Waals surface area contributed by atoms with Crippen molar-refractivity contribution in [2.75, 3.05) is 46.1 Å². The number of carbonyl (C=O) groups excluding carboxylic acids is 1. The summed E-state index contributed by atoms with van der Waals surface area (Å²) in [5, 5.41) is 0. The molecule has 0 fully saturated rings. The number of rotatable bonds is 7. The molecule has 0 amide bonds. The van der Waals surface area contributed by atoms with Crippen molar-refractivity contribution in [1.29, 1.82) is 0 Å². The van der Waals surface area contributed by atoms with Gasteiger partial charge in [-0.05, 0) is 54.5 Å². The zero-order valence-electron chi connectivity index (χ0n) is 16.6. The Morgan fingerprint density at radius 3 is 2.07 bits per heavy atom. The second-order valence-corrected chi connectivity index (χ2v) is 6.28. The van der Waals surface area contributed by atoms with E-state index in [9.17, 15) is 4.79 Å². The first-order valence-corrected chi connectivity index (χ1v) is 8.42. The molecule has 0 aliphatic heterocycles. The number of hydrogen-bond acceptors (Lipinski definition) is 6. The van der Waals surface area contributed by atoms with Gasteiger partial charge in [-0.15, -0.1) is 0 Å². The molecule has 0 aromatic heterocycles. The number of nitrogens with two attached hydrogens (primary N) is 1. The summed E-state index contributed by atoms with van der Waals surface area (Å²) < 4.78 is 16.1. The Balaban J connectivity index is 2.42. The monoisotopic (exact) mass is 370 g/mol. The second-order valence-electron chi connectivity index (χ2n) is 6.28. The Labute approximate surface area is 160 Å². The van der Waals surface area contributed by atoms with Crippen LogP contribution in [0.2, 0.25) is 0 Å². The maximum Gasteiger partial charge on any atom is 0.203 e. The molecule has 2 aromatic rings. The predicted molar refractivity (Wildman–Crippen MR) is 109 cm³/mol. The molecule has 0 radical (unpaired) electrons. The van der Waals surface area contributed by atoms with E-state index in [1.54, 1.807) is 64.7 Å². The molecule has 0 atom stereocenters. The lowest BCUT2D eigenvalue weighted by molar-refractivity contribution is 0.103. The van der Waals surface area contributed by atoms with Gasteiger partial charge in [0, 0.05) is 19.7 Å². The van der Waals surface area contributed by atoms with Gasteiger partial charge in [0.05, 0.1) is 32.7 Å². The molecule has 0 bridgehead atoms. The highest BCUT2D eigenvalue weighted by Gasteiger charge is 2.15. The molecule has 0 spiro atoms. The summed E-state index contributed by atoms with van der Waals surface area (Å²) in [5.74, 6) is 1.50. The van der Waals surface area contributed by atoms with Gasteiger partial charge >= 0.3 is 0 Å². The number of Topliss-reactive ketones (excluding diaryl/α,β-unsaturated/α-hetero) is 1.